The number of benzene rings is 1. The Morgan fingerprint density at radius 1 is 1.24 bits per heavy atom. The Hall–Kier alpha value is -2.41. The molecular weight excluding hydrogens is 332 g/mol. The number of rotatable bonds is 5. The van der Waals surface area contributed by atoms with Gasteiger partial charge in [-0.25, -0.2) is 9.97 Å². The van der Waals surface area contributed by atoms with Crippen LogP contribution in [0.1, 0.15) is 41.9 Å². The molecule has 1 aromatic carbocycles. The fourth-order valence-electron chi connectivity index (χ4n) is 2.48. The summed E-state index contributed by atoms with van der Waals surface area (Å²) in [5, 5.41) is 9.76. The van der Waals surface area contributed by atoms with E-state index in [1.165, 1.54) is 5.56 Å². The predicted octanol–water partition coefficient (Wildman–Crippen LogP) is 3.32. The highest BCUT2D eigenvalue weighted by Crippen LogP contribution is 2.17. The van der Waals surface area contributed by atoms with Gasteiger partial charge in [0.2, 0.25) is 0 Å². The number of imidazole rings is 1. The first-order valence-electron chi connectivity index (χ1n) is 8.39. The van der Waals surface area contributed by atoms with Gasteiger partial charge in [-0.05, 0) is 30.5 Å². The van der Waals surface area contributed by atoms with Crippen molar-refractivity contribution in [2.75, 3.05) is 7.05 Å². The minimum absolute atomic E-state index is 0.458. The van der Waals surface area contributed by atoms with Crippen LogP contribution < -0.4 is 10.6 Å². The summed E-state index contributed by atoms with van der Waals surface area (Å²) in [6.45, 7) is 7.63. The summed E-state index contributed by atoms with van der Waals surface area (Å²) < 4.78 is 0. The van der Waals surface area contributed by atoms with Crippen molar-refractivity contribution in [3.8, 4) is 0 Å². The van der Waals surface area contributed by atoms with Gasteiger partial charge in [-0.3, -0.25) is 4.99 Å². The Kier molecular flexibility index (Phi) is 5.33. The molecule has 0 unspecified atom stereocenters. The molecule has 0 bridgehead atoms. The number of aryl methyl sites for hydroxylation is 1. The zero-order valence-corrected chi connectivity index (χ0v) is 15.9. The number of nitrogens with one attached hydrogen (secondary N) is 3. The number of fused-ring (bicyclic) bond motifs is 1. The van der Waals surface area contributed by atoms with E-state index < -0.39 is 0 Å². The third-order valence-corrected chi connectivity index (χ3v) is 4.77. The van der Waals surface area contributed by atoms with Crippen molar-refractivity contribution in [1.29, 1.82) is 0 Å². The summed E-state index contributed by atoms with van der Waals surface area (Å²) in [4.78, 5) is 16.8. The van der Waals surface area contributed by atoms with Crippen LogP contribution in [-0.2, 0) is 13.1 Å². The van der Waals surface area contributed by atoms with Gasteiger partial charge in [0.25, 0.3) is 0 Å². The minimum atomic E-state index is 0.458. The van der Waals surface area contributed by atoms with E-state index in [4.69, 9.17) is 0 Å². The first-order valence-corrected chi connectivity index (χ1v) is 9.27. The fraction of sp³-hybridized carbons (Fsp3) is 0.389. The Bertz CT molecular complexity index is 877. The molecule has 0 aliphatic heterocycles. The Balaban J connectivity index is 1.56. The van der Waals surface area contributed by atoms with Gasteiger partial charge in [0, 0.05) is 12.4 Å². The van der Waals surface area contributed by atoms with Crippen molar-refractivity contribution in [1.82, 2.24) is 25.6 Å². The number of aliphatic imine (C=N–C) groups is 1. The Morgan fingerprint density at radius 3 is 2.76 bits per heavy atom. The largest absolute Gasteiger partial charge is 0.350 e. The van der Waals surface area contributed by atoms with Crippen LogP contribution in [0.3, 0.4) is 0 Å². The van der Waals surface area contributed by atoms with Crippen molar-refractivity contribution < 1.29 is 0 Å². The molecule has 2 aromatic heterocycles. The summed E-state index contributed by atoms with van der Waals surface area (Å²) in [5.74, 6) is 2.08. The van der Waals surface area contributed by atoms with Gasteiger partial charge in [0.1, 0.15) is 10.8 Å². The zero-order chi connectivity index (χ0) is 17.8. The second-order valence-electron chi connectivity index (χ2n) is 6.30. The van der Waals surface area contributed by atoms with E-state index in [9.17, 15) is 0 Å². The van der Waals surface area contributed by atoms with Gasteiger partial charge in [-0.2, -0.15) is 0 Å². The average Bonchev–Trinajstić information content (AvgIpc) is 3.21. The molecule has 0 atom stereocenters. The number of aromatic amines is 1. The lowest BCUT2D eigenvalue weighted by Gasteiger charge is -2.09. The number of thiazole rings is 1. The highest BCUT2D eigenvalue weighted by Gasteiger charge is 2.07. The molecule has 25 heavy (non-hydrogen) atoms. The van der Waals surface area contributed by atoms with E-state index in [2.05, 4.69) is 68.9 Å². The Labute approximate surface area is 151 Å². The summed E-state index contributed by atoms with van der Waals surface area (Å²) in [6.07, 6.45) is 0. The second kappa shape index (κ2) is 7.65. The second-order valence-corrected chi connectivity index (χ2v) is 7.25. The zero-order valence-electron chi connectivity index (χ0n) is 15.1. The fourth-order valence-corrected chi connectivity index (χ4v) is 3.37. The van der Waals surface area contributed by atoms with Gasteiger partial charge in [-0.1, -0.05) is 19.9 Å². The Morgan fingerprint density at radius 2 is 2.04 bits per heavy atom. The van der Waals surface area contributed by atoms with E-state index in [1.54, 1.807) is 18.4 Å². The van der Waals surface area contributed by atoms with Crippen LogP contribution >= 0.6 is 11.3 Å². The van der Waals surface area contributed by atoms with E-state index in [0.29, 0.717) is 19.0 Å². The molecule has 0 saturated carbocycles. The number of H-pyrrole nitrogens is 1. The van der Waals surface area contributed by atoms with E-state index in [0.717, 1.165) is 33.5 Å². The normalized spacial score (nSPS) is 12.1. The van der Waals surface area contributed by atoms with Crippen molar-refractivity contribution in [2.45, 2.75) is 39.8 Å². The topological polar surface area (TPSA) is 78.0 Å². The standard InChI is InChI=1S/C18H24N6S/c1-11(2)15-10-25-17(24-15)9-21-18(19-4)20-8-16-22-13-6-5-12(3)7-14(13)23-16/h5-7,10-11H,8-9H2,1-4H3,(H,22,23)(H2,19,20,21). The number of aromatic nitrogens is 3. The van der Waals surface area contributed by atoms with Crippen LogP contribution in [0.2, 0.25) is 0 Å². The molecule has 7 heteroatoms. The first-order chi connectivity index (χ1) is 12.0. The van der Waals surface area contributed by atoms with Crippen LogP contribution in [-0.4, -0.2) is 28.0 Å². The number of guanidine groups is 1. The van der Waals surface area contributed by atoms with Crippen LogP contribution in [0, 0.1) is 6.92 Å². The molecule has 0 radical (unpaired) electrons. The van der Waals surface area contributed by atoms with Crippen molar-refractivity contribution >= 4 is 28.3 Å². The van der Waals surface area contributed by atoms with Crippen LogP contribution in [0.5, 0.6) is 0 Å². The van der Waals surface area contributed by atoms with Crippen molar-refractivity contribution in [3.63, 3.8) is 0 Å². The van der Waals surface area contributed by atoms with Gasteiger partial charge in [0.15, 0.2) is 5.96 Å². The SMILES string of the molecule is CN=C(NCc1nc2ccc(C)cc2[nH]1)NCc1nc(C(C)C)cs1. The van der Waals surface area contributed by atoms with Crippen molar-refractivity contribution in [3.05, 3.63) is 45.7 Å². The monoisotopic (exact) mass is 356 g/mol. The molecule has 0 saturated heterocycles. The molecule has 0 aliphatic rings. The third-order valence-electron chi connectivity index (χ3n) is 3.90. The lowest BCUT2D eigenvalue weighted by atomic mass is 10.2. The first kappa shape index (κ1) is 17.4. The molecule has 132 valence electrons. The molecule has 3 aromatic rings. The summed E-state index contributed by atoms with van der Waals surface area (Å²) in [5.41, 5.74) is 4.40. The lowest BCUT2D eigenvalue weighted by molar-refractivity contribution is 0.771. The predicted molar refractivity (Wildman–Crippen MR) is 104 cm³/mol. The maximum atomic E-state index is 4.63. The van der Waals surface area contributed by atoms with E-state index in [1.807, 2.05) is 6.07 Å². The molecule has 0 fully saturated rings. The number of hydrogen-bond donors (Lipinski definition) is 3. The van der Waals surface area contributed by atoms with Crippen molar-refractivity contribution in [2.24, 2.45) is 4.99 Å². The molecular formula is C18H24N6S. The number of nitrogens with zero attached hydrogens (tertiary/aromatic N) is 3. The molecule has 0 amide bonds. The molecule has 0 aliphatic carbocycles. The van der Waals surface area contributed by atoms with Gasteiger partial charge >= 0.3 is 0 Å². The smallest absolute Gasteiger partial charge is 0.191 e. The van der Waals surface area contributed by atoms with E-state index >= 15 is 0 Å². The molecule has 3 N–H and O–H groups in total. The third kappa shape index (κ3) is 4.36. The molecule has 3 rings (SSSR count). The average molecular weight is 356 g/mol. The summed E-state index contributed by atoms with van der Waals surface area (Å²) >= 11 is 1.67. The maximum absolute atomic E-state index is 4.63. The van der Waals surface area contributed by atoms with Crippen LogP contribution in [0.15, 0.2) is 28.6 Å². The minimum Gasteiger partial charge on any atom is -0.350 e. The quantitative estimate of drug-likeness (QED) is 0.484. The van der Waals surface area contributed by atoms with Gasteiger partial charge in [0.05, 0.1) is 29.8 Å². The van der Waals surface area contributed by atoms with Crippen LogP contribution in [0.4, 0.5) is 0 Å². The highest BCUT2D eigenvalue weighted by molar-refractivity contribution is 7.09. The number of hydrogen-bond acceptors (Lipinski definition) is 4. The summed E-state index contributed by atoms with van der Waals surface area (Å²) in [6, 6.07) is 6.21. The highest BCUT2D eigenvalue weighted by atomic mass is 32.1. The maximum Gasteiger partial charge on any atom is 0.191 e. The summed E-state index contributed by atoms with van der Waals surface area (Å²) in [7, 11) is 1.76. The molecule has 0 spiro atoms. The van der Waals surface area contributed by atoms with Crippen LogP contribution in [0.25, 0.3) is 11.0 Å². The lowest BCUT2D eigenvalue weighted by Crippen LogP contribution is -2.36. The van der Waals surface area contributed by atoms with Gasteiger partial charge in [-0.15, -0.1) is 11.3 Å². The van der Waals surface area contributed by atoms with E-state index in [-0.39, 0.29) is 0 Å². The molecule has 2 heterocycles. The van der Waals surface area contributed by atoms with Gasteiger partial charge < -0.3 is 15.6 Å². The molecule has 6 nitrogen and oxygen atoms in total.